The highest BCUT2D eigenvalue weighted by molar-refractivity contribution is 9.12. The average Bonchev–Trinajstić information content (AvgIpc) is 2.56. The lowest BCUT2D eigenvalue weighted by molar-refractivity contribution is 0.104. The number of carbonyl (C=O) groups excluding carboxylic acids is 1. The van der Waals surface area contributed by atoms with Crippen molar-refractivity contribution in [1.82, 2.24) is 0 Å². The molecular formula is C18H15Br2N3O2. The average molecular weight is 465 g/mol. The predicted molar refractivity (Wildman–Crippen MR) is 109 cm³/mol. The third-order valence-corrected chi connectivity index (χ3v) is 5.04. The highest BCUT2D eigenvalue weighted by Crippen LogP contribution is 2.40. The molecule has 2 aromatic carbocycles. The molecule has 0 fully saturated rings. The summed E-state index contributed by atoms with van der Waals surface area (Å²) in [6, 6.07) is 9.17. The maximum Gasteiger partial charge on any atom is 0.202 e. The third-order valence-electron chi connectivity index (χ3n) is 3.84. The molecule has 0 bridgehead atoms. The fourth-order valence-corrected chi connectivity index (χ4v) is 3.46. The lowest BCUT2D eigenvalue weighted by Gasteiger charge is -2.19. The van der Waals surface area contributed by atoms with Crippen molar-refractivity contribution < 1.29 is 9.90 Å². The fraction of sp³-hybridized carbons (Fsp3) is 0.111. The number of nitrogens with zero attached hydrogens (tertiary/aromatic N) is 2. The first-order valence-corrected chi connectivity index (χ1v) is 8.97. The van der Waals surface area contributed by atoms with Crippen LogP contribution in [0.25, 0.3) is 0 Å². The Morgan fingerprint density at radius 1 is 1.16 bits per heavy atom. The van der Waals surface area contributed by atoms with Crippen LogP contribution in [0.1, 0.15) is 15.9 Å². The predicted octanol–water partition coefficient (Wildman–Crippen LogP) is 4.40. The van der Waals surface area contributed by atoms with Crippen LogP contribution in [-0.2, 0) is 0 Å². The van der Waals surface area contributed by atoms with Gasteiger partial charge in [-0.3, -0.25) is 4.79 Å². The second kappa shape index (κ2) is 6.65. The summed E-state index contributed by atoms with van der Waals surface area (Å²) < 4.78 is 0.758. The first kappa shape index (κ1) is 17.7. The molecule has 0 saturated heterocycles. The number of fused-ring (bicyclic) bond motifs is 1. The molecule has 5 nitrogen and oxygen atoms in total. The number of Topliss-reactive ketones (excluding diaryl/α,β-unsaturated/α-hetero) is 1. The summed E-state index contributed by atoms with van der Waals surface area (Å²) in [5.74, 6) is -0.340. The summed E-state index contributed by atoms with van der Waals surface area (Å²) in [6.07, 6.45) is 1.60. The molecule has 0 radical (unpaired) electrons. The molecule has 3 N–H and O–H groups in total. The van der Waals surface area contributed by atoms with Gasteiger partial charge in [0.1, 0.15) is 5.75 Å². The number of benzene rings is 2. The molecule has 0 spiro atoms. The van der Waals surface area contributed by atoms with Crippen molar-refractivity contribution in [3.63, 3.8) is 0 Å². The SMILES string of the molecule is CN(C)c1cccc(N=C2C=C(Br)C(=O)c3c(N)cc(Br)c(O)c32)c1. The number of halogens is 2. The summed E-state index contributed by atoms with van der Waals surface area (Å²) in [5, 5.41) is 10.5. The molecule has 3 rings (SSSR count). The van der Waals surface area contributed by atoms with Gasteiger partial charge in [0.15, 0.2) is 0 Å². The van der Waals surface area contributed by atoms with Crippen LogP contribution >= 0.6 is 31.9 Å². The number of aliphatic imine (C=N–C) groups is 1. The molecule has 0 atom stereocenters. The van der Waals surface area contributed by atoms with Gasteiger partial charge in [-0.1, -0.05) is 6.07 Å². The highest BCUT2D eigenvalue weighted by atomic mass is 79.9. The molecule has 25 heavy (non-hydrogen) atoms. The monoisotopic (exact) mass is 463 g/mol. The van der Waals surface area contributed by atoms with E-state index in [1.165, 1.54) is 6.07 Å². The molecule has 7 heteroatoms. The van der Waals surface area contributed by atoms with E-state index >= 15 is 0 Å². The molecule has 2 aromatic rings. The number of allylic oxidation sites excluding steroid dienone is 2. The fourth-order valence-electron chi connectivity index (χ4n) is 2.60. The molecule has 0 aliphatic heterocycles. The minimum atomic E-state index is -0.281. The van der Waals surface area contributed by atoms with Gasteiger partial charge in [0, 0.05) is 25.5 Å². The largest absolute Gasteiger partial charge is 0.506 e. The van der Waals surface area contributed by atoms with Gasteiger partial charge >= 0.3 is 0 Å². The van der Waals surface area contributed by atoms with Gasteiger partial charge in [-0.2, -0.15) is 0 Å². The van der Waals surface area contributed by atoms with Crippen molar-refractivity contribution >= 4 is 60.4 Å². The second-order valence-electron chi connectivity index (χ2n) is 5.78. The van der Waals surface area contributed by atoms with E-state index in [-0.39, 0.29) is 22.8 Å². The van der Waals surface area contributed by atoms with E-state index in [1.807, 2.05) is 43.3 Å². The number of nitrogen functional groups attached to an aromatic ring is 1. The van der Waals surface area contributed by atoms with E-state index in [1.54, 1.807) is 6.08 Å². The highest BCUT2D eigenvalue weighted by Gasteiger charge is 2.29. The summed E-state index contributed by atoms with van der Waals surface area (Å²) in [6.45, 7) is 0. The molecule has 0 heterocycles. The Balaban J connectivity index is 2.25. The van der Waals surface area contributed by atoms with E-state index in [4.69, 9.17) is 5.73 Å². The summed E-state index contributed by atoms with van der Waals surface area (Å²) in [4.78, 5) is 19.1. The number of hydrogen-bond donors (Lipinski definition) is 2. The van der Waals surface area contributed by atoms with Crippen molar-refractivity contribution in [3.8, 4) is 5.75 Å². The van der Waals surface area contributed by atoms with Gasteiger partial charge in [-0.25, -0.2) is 4.99 Å². The standard InChI is InChI=1S/C18H15Br2N3O2/c1-23(2)10-5-3-4-9(6-10)22-14-8-12(20)17(24)15-13(21)7-11(19)18(25)16(14)15/h3-8,25H,21H2,1-2H3. The second-order valence-corrected chi connectivity index (χ2v) is 7.49. The van der Waals surface area contributed by atoms with E-state index in [2.05, 4.69) is 36.9 Å². The summed E-state index contributed by atoms with van der Waals surface area (Å²) in [5.41, 5.74) is 9.03. The lowest BCUT2D eigenvalue weighted by atomic mass is 9.91. The molecule has 0 amide bonds. The van der Waals surface area contributed by atoms with E-state index < -0.39 is 0 Å². The minimum absolute atomic E-state index is 0.0590. The van der Waals surface area contributed by atoms with Crippen LogP contribution < -0.4 is 10.6 Å². The Morgan fingerprint density at radius 2 is 1.88 bits per heavy atom. The number of nitrogens with two attached hydrogens (primary N) is 1. The Morgan fingerprint density at radius 3 is 2.56 bits per heavy atom. The molecule has 0 unspecified atom stereocenters. The maximum atomic E-state index is 12.5. The van der Waals surface area contributed by atoms with Gasteiger partial charge < -0.3 is 15.7 Å². The number of carbonyl (C=O) groups is 1. The maximum absolute atomic E-state index is 12.5. The number of aromatic hydroxyl groups is 1. The minimum Gasteiger partial charge on any atom is -0.506 e. The van der Waals surface area contributed by atoms with Gasteiger partial charge in [-0.05, 0) is 62.2 Å². The van der Waals surface area contributed by atoms with E-state index in [0.717, 1.165) is 5.69 Å². The first-order chi connectivity index (χ1) is 11.8. The Labute approximate surface area is 162 Å². The number of phenolic OH excluding ortho intramolecular Hbond substituents is 1. The number of hydrogen-bond acceptors (Lipinski definition) is 5. The van der Waals surface area contributed by atoms with Crippen LogP contribution in [0.3, 0.4) is 0 Å². The molecule has 0 saturated carbocycles. The smallest absolute Gasteiger partial charge is 0.202 e. The molecule has 1 aliphatic carbocycles. The van der Waals surface area contributed by atoms with Crippen LogP contribution in [0.2, 0.25) is 0 Å². The zero-order valence-electron chi connectivity index (χ0n) is 13.5. The van der Waals surface area contributed by atoms with Crippen LogP contribution in [0.5, 0.6) is 5.75 Å². The Kier molecular flexibility index (Phi) is 4.71. The number of rotatable bonds is 2. The van der Waals surface area contributed by atoms with Crippen LogP contribution in [0.15, 0.2) is 50.4 Å². The first-order valence-electron chi connectivity index (χ1n) is 7.39. The van der Waals surface area contributed by atoms with Crippen LogP contribution in [-0.4, -0.2) is 30.7 Å². The number of phenols is 1. The molecule has 128 valence electrons. The summed E-state index contributed by atoms with van der Waals surface area (Å²) >= 11 is 6.53. The zero-order valence-corrected chi connectivity index (χ0v) is 16.7. The van der Waals surface area contributed by atoms with Gasteiger partial charge in [0.25, 0.3) is 0 Å². The topological polar surface area (TPSA) is 78.9 Å². The Bertz CT molecular complexity index is 950. The quantitative estimate of drug-likeness (QED) is 0.510. The third kappa shape index (κ3) is 3.21. The van der Waals surface area contributed by atoms with Crippen molar-refractivity contribution in [3.05, 3.63) is 56.5 Å². The number of ketones is 1. The van der Waals surface area contributed by atoms with Crippen molar-refractivity contribution in [1.29, 1.82) is 0 Å². The van der Waals surface area contributed by atoms with Gasteiger partial charge in [0.05, 0.1) is 31.5 Å². The van der Waals surface area contributed by atoms with Crippen molar-refractivity contribution in [2.75, 3.05) is 24.7 Å². The number of anilines is 2. The molecule has 1 aliphatic rings. The summed E-state index contributed by atoms with van der Waals surface area (Å²) in [7, 11) is 3.89. The normalized spacial score (nSPS) is 15.1. The van der Waals surface area contributed by atoms with E-state index in [9.17, 15) is 9.90 Å². The molecular weight excluding hydrogens is 450 g/mol. The lowest BCUT2D eigenvalue weighted by Crippen LogP contribution is -2.17. The van der Waals surface area contributed by atoms with Gasteiger partial charge in [0.2, 0.25) is 5.78 Å². The molecule has 0 aromatic heterocycles. The van der Waals surface area contributed by atoms with Crippen molar-refractivity contribution in [2.24, 2.45) is 4.99 Å². The Hall–Kier alpha value is -2.12. The van der Waals surface area contributed by atoms with E-state index in [0.29, 0.717) is 25.9 Å². The van der Waals surface area contributed by atoms with Gasteiger partial charge in [-0.15, -0.1) is 0 Å². The van der Waals surface area contributed by atoms with Crippen molar-refractivity contribution in [2.45, 2.75) is 0 Å². The van der Waals surface area contributed by atoms with Crippen LogP contribution in [0.4, 0.5) is 17.1 Å². The van der Waals surface area contributed by atoms with Crippen LogP contribution in [0, 0.1) is 0 Å². The zero-order chi connectivity index (χ0) is 18.3.